The maximum Gasteiger partial charge on any atom is 0.214 e. The van der Waals surface area contributed by atoms with Crippen molar-refractivity contribution in [2.24, 2.45) is 5.92 Å². The summed E-state index contributed by atoms with van der Waals surface area (Å²) in [6.07, 6.45) is 2.26. The smallest absolute Gasteiger partial charge is 0.214 e. The standard InChI is InChI=1S/C17H37N3O3S/c1-6-19-10-8-9-17(19)13-20(12-11-18(4)5)24(21,22)15-16(3)14-23-7-2/h16-17H,6-15H2,1-5H3/t16-,17+/m0/s1. The summed E-state index contributed by atoms with van der Waals surface area (Å²) in [5, 5.41) is 0. The van der Waals surface area contributed by atoms with Gasteiger partial charge in [-0.25, -0.2) is 8.42 Å². The van der Waals surface area contributed by atoms with E-state index < -0.39 is 10.0 Å². The predicted molar refractivity (Wildman–Crippen MR) is 99.8 cm³/mol. The zero-order valence-corrected chi connectivity index (χ0v) is 17.0. The van der Waals surface area contributed by atoms with Crippen LogP contribution in [-0.4, -0.2) is 94.4 Å². The highest BCUT2D eigenvalue weighted by molar-refractivity contribution is 7.89. The first kappa shape index (κ1) is 21.8. The average molecular weight is 364 g/mol. The normalized spacial score (nSPS) is 21.0. The first-order valence-electron chi connectivity index (χ1n) is 9.24. The van der Waals surface area contributed by atoms with Crippen molar-refractivity contribution in [2.45, 2.75) is 39.7 Å². The average Bonchev–Trinajstić information content (AvgIpc) is 2.95. The molecule has 1 aliphatic rings. The monoisotopic (exact) mass is 363 g/mol. The maximum atomic E-state index is 12.9. The van der Waals surface area contributed by atoms with Crippen LogP contribution < -0.4 is 0 Å². The van der Waals surface area contributed by atoms with Gasteiger partial charge in [0.25, 0.3) is 0 Å². The van der Waals surface area contributed by atoms with Gasteiger partial charge in [-0.2, -0.15) is 4.31 Å². The van der Waals surface area contributed by atoms with E-state index in [2.05, 4.69) is 11.8 Å². The van der Waals surface area contributed by atoms with Crippen LogP contribution in [0.1, 0.15) is 33.6 Å². The molecule has 6 nitrogen and oxygen atoms in total. The summed E-state index contributed by atoms with van der Waals surface area (Å²) in [5.41, 5.74) is 0. The highest BCUT2D eigenvalue weighted by Crippen LogP contribution is 2.20. The summed E-state index contributed by atoms with van der Waals surface area (Å²) < 4.78 is 33.0. The molecule has 1 fully saturated rings. The predicted octanol–water partition coefficient (Wildman–Crippen LogP) is 1.34. The van der Waals surface area contributed by atoms with E-state index >= 15 is 0 Å². The van der Waals surface area contributed by atoms with Crippen molar-refractivity contribution in [2.75, 3.05) is 65.8 Å². The van der Waals surface area contributed by atoms with Gasteiger partial charge < -0.3 is 9.64 Å². The number of sulfonamides is 1. The molecule has 1 aliphatic heterocycles. The minimum Gasteiger partial charge on any atom is -0.381 e. The molecule has 24 heavy (non-hydrogen) atoms. The Balaban J connectivity index is 2.75. The molecule has 0 unspecified atom stereocenters. The van der Waals surface area contributed by atoms with Crippen LogP contribution in [-0.2, 0) is 14.8 Å². The van der Waals surface area contributed by atoms with Gasteiger partial charge in [0, 0.05) is 32.3 Å². The first-order chi connectivity index (χ1) is 11.3. The van der Waals surface area contributed by atoms with Crippen LogP contribution >= 0.6 is 0 Å². The molecule has 0 aromatic carbocycles. The van der Waals surface area contributed by atoms with Crippen molar-refractivity contribution in [3.05, 3.63) is 0 Å². The van der Waals surface area contributed by atoms with E-state index in [0.29, 0.717) is 32.3 Å². The number of likely N-dealkylation sites (tertiary alicyclic amines) is 1. The fourth-order valence-electron chi connectivity index (χ4n) is 3.24. The lowest BCUT2D eigenvalue weighted by Gasteiger charge is -2.31. The summed E-state index contributed by atoms with van der Waals surface area (Å²) in [7, 11) is 0.698. The number of hydrogen-bond acceptors (Lipinski definition) is 5. The van der Waals surface area contributed by atoms with Crippen molar-refractivity contribution >= 4 is 10.0 Å². The Labute approximate surface area is 149 Å². The highest BCUT2D eigenvalue weighted by Gasteiger charge is 2.31. The Kier molecular flexibility index (Phi) is 9.74. The Hall–Kier alpha value is -0.210. The summed E-state index contributed by atoms with van der Waals surface area (Å²) >= 11 is 0. The molecule has 0 aliphatic carbocycles. The fourth-order valence-corrected chi connectivity index (χ4v) is 5.03. The molecule has 0 saturated carbocycles. The van der Waals surface area contributed by atoms with Gasteiger partial charge in [-0.05, 0) is 52.9 Å². The van der Waals surface area contributed by atoms with Gasteiger partial charge in [-0.3, -0.25) is 4.90 Å². The largest absolute Gasteiger partial charge is 0.381 e. The van der Waals surface area contributed by atoms with Crippen LogP contribution in [0.2, 0.25) is 0 Å². The molecule has 0 bridgehead atoms. The van der Waals surface area contributed by atoms with E-state index in [1.807, 2.05) is 32.8 Å². The third kappa shape index (κ3) is 7.35. The lowest BCUT2D eigenvalue weighted by atomic mass is 10.2. The van der Waals surface area contributed by atoms with E-state index in [-0.39, 0.29) is 11.7 Å². The molecule has 2 atom stereocenters. The topological polar surface area (TPSA) is 53.1 Å². The minimum absolute atomic E-state index is 0.0164. The molecule has 144 valence electrons. The number of nitrogens with zero attached hydrogens (tertiary/aromatic N) is 3. The molecule has 0 amide bonds. The van der Waals surface area contributed by atoms with Crippen molar-refractivity contribution in [3.63, 3.8) is 0 Å². The van der Waals surface area contributed by atoms with Crippen LogP contribution in [0.15, 0.2) is 0 Å². The summed E-state index contributed by atoms with van der Waals surface area (Å²) in [5.74, 6) is 0.182. The highest BCUT2D eigenvalue weighted by atomic mass is 32.2. The summed E-state index contributed by atoms with van der Waals surface area (Å²) in [6, 6.07) is 0.356. The molecule has 0 radical (unpaired) electrons. The Morgan fingerprint density at radius 3 is 2.54 bits per heavy atom. The lowest BCUT2D eigenvalue weighted by molar-refractivity contribution is 0.122. The maximum absolute atomic E-state index is 12.9. The molecule has 0 spiro atoms. The van der Waals surface area contributed by atoms with Crippen LogP contribution in [0.25, 0.3) is 0 Å². The molecule has 1 saturated heterocycles. The van der Waals surface area contributed by atoms with Gasteiger partial charge in [0.2, 0.25) is 10.0 Å². The van der Waals surface area contributed by atoms with Gasteiger partial charge in [-0.15, -0.1) is 0 Å². The van der Waals surface area contributed by atoms with Crippen LogP contribution in [0.4, 0.5) is 0 Å². The van der Waals surface area contributed by atoms with Crippen molar-refractivity contribution < 1.29 is 13.2 Å². The van der Waals surface area contributed by atoms with E-state index in [0.717, 1.165) is 26.1 Å². The second-order valence-electron chi connectivity index (χ2n) is 7.13. The Bertz CT molecular complexity index is 442. The van der Waals surface area contributed by atoms with E-state index in [9.17, 15) is 8.42 Å². The number of rotatable bonds is 12. The molecule has 7 heteroatoms. The molecule has 0 aromatic rings. The Morgan fingerprint density at radius 1 is 1.25 bits per heavy atom. The van der Waals surface area contributed by atoms with Crippen molar-refractivity contribution in [1.82, 2.24) is 14.1 Å². The van der Waals surface area contributed by atoms with Gasteiger partial charge in [0.1, 0.15) is 0 Å². The third-order valence-electron chi connectivity index (χ3n) is 4.61. The number of ether oxygens (including phenoxy) is 1. The molecule has 1 rings (SSSR count). The minimum atomic E-state index is -3.27. The SMILES string of the molecule is CCOC[C@H](C)CS(=O)(=O)N(CCN(C)C)C[C@H]1CCCN1CC. The van der Waals surface area contributed by atoms with Gasteiger partial charge in [-0.1, -0.05) is 13.8 Å². The Morgan fingerprint density at radius 2 is 1.96 bits per heavy atom. The molecule has 1 heterocycles. The van der Waals surface area contributed by atoms with Crippen molar-refractivity contribution in [1.29, 1.82) is 0 Å². The zero-order valence-electron chi connectivity index (χ0n) is 16.2. The second-order valence-corrected chi connectivity index (χ2v) is 9.14. The zero-order chi connectivity index (χ0) is 18.2. The van der Waals surface area contributed by atoms with Crippen molar-refractivity contribution in [3.8, 4) is 0 Å². The summed E-state index contributed by atoms with van der Waals surface area (Å²) in [6.45, 7) is 11.2. The molecule has 0 N–H and O–H groups in total. The molecule has 0 aromatic heterocycles. The summed E-state index contributed by atoms with van der Waals surface area (Å²) in [4.78, 5) is 4.44. The fraction of sp³-hybridized carbons (Fsp3) is 1.00. The molecular formula is C17H37N3O3S. The first-order valence-corrected chi connectivity index (χ1v) is 10.8. The van der Waals surface area contributed by atoms with Crippen LogP contribution in [0, 0.1) is 5.92 Å². The van der Waals surface area contributed by atoms with Crippen LogP contribution in [0.3, 0.4) is 0 Å². The van der Waals surface area contributed by atoms with Crippen LogP contribution in [0.5, 0.6) is 0 Å². The van der Waals surface area contributed by atoms with E-state index in [4.69, 9.17) is 4.74 Å². The van der Waals surface area contributed by atoms with E-state index in [1.165, 1.54) is 6.42 Å². The molecular weight excluding hydrogens is 326 g/mol. The van der Waals surface area contributed by atoms with Gasteiger partial charge in [0.05, 0.1) is 12.4 Å². The number of hydrogen-bond donors (Lipinski definition) is 0. The quantitative estimate of drug-likeness (QED) is 0.524. The lowest BCUT2D eigenvalue weighted by Crippen LogP contribution is -2.46. The van der Waals surface area contributed by atoms with Gasteiger partial charge >= 0.3 is 0 Å². The van der Waals surface area contributed by atoms with Gasteiger partial charge in [0.15, 0.2) is 0 Å². The number of likely N-dealkylation sites (N-methyl/N-ethyl adjacent to an activating group) is 2. The third-order valence-corrected chi connectivity index (χ3v) is 6.72. The second kappa shape index (κ2) is 10.7. The van der Waals surface area contributed by atoms with E-state index in [1.54, 1.807) is 4.31 Å².